The van der Waals surface area contributed by atoms with Crippen molar-refractivity contribution in [3.63, 3.8) is 0 Å². The minimum Gasteiger partial charge on any atom is -0.390 e. The molecule has 0 amide bonds. The van der Waals surface area contributed by atoms with Crippen LogP contribution in [-0.2, 0) is 34.3 Å². The predicted octanol–water partition coefficient (Wildman–Crippen LogP) is 6.97. The molecule has 0 fully saturated rings. The highest BCUT2D eigenvalue weighted by molar-refractivity contribution is 7.60. The van der Waals surface area contributed by atoms with E-state index in [0.29, 0.717) is 5.56 Å². The molecule has 0 aliphatic rings. The van der Waals surface area contributed by atoms with Gasteiger partial charge in [0.15, 0.2) is 0 Å². The van der Waals surface area contributed by atoms with Crippen LogP contribution in [0.3, 0.4) is 0 Å². The Morgan fingerprint density at radius 2 is 1.51 bits per heavy atom. The first-order valence-corrected chi connectivity index (χ1v) is 10.8. The molecule has 13 heteroatoms. The van der Waals surface area contributed by atoms with Gasteiger partial charge in [-0.05, 0) is 35.9 Å². The first kappa shape index (κ1) is 27.9. The van der Waals surface area contributed by atoms with Crippen molar-refractivity contribution in [3.05, 3.63) is 106 Å². The van der Waals surface area contributed by atoms with Gasteiger partial charge in [-0.25, -0.2) is 0 Å². The third-order valence-electron chi connectivity index (χ3n) is 4.23. The standard InChI is InChI=1S/C22H14ClF6NO.HNO2S/c23-17-9-10-19(22(27,28)29)18(12-17)20(15-6-2-1-3-7-15)30-31-13-14-5-4-8-16(11-14)21(24,25)26;1-4(2)3/h1-12H,13H2;1H/b30-20+;. The number of hydrogen-bond acceptors (Lipinski definition) is 5. The molecule has 0 radical (unpaired) electrons. The van der Waals surface area contributed by atoms with Gasteiger partial charge in [0.05, 0.1) is 11.1 Å². The zero-order chi connectivity index (χ0) is 26.2. The molecule has 0 saturated carbocycles. The van der Waals surface area contributed by atoms with Crippen LogP contribution in [0.1, 0.15) is 27.8 Å². The number of rotatable bonds is 5. The van der Waals surface area contributed by atoms with Crippen molar-refractivity contribution in [1.82, 2.24) is 0 Å². The molecule has 0 aliphatic heterocycles. The van der Waals surface area contributed by atoms with E-state index in [-0.39, 0.29) is 28.5 Å². The molecule has 1 N–H and O–H groups in total. The number of oxime groups is 1. The van der Waals surface area contributed by atoms with E-state index in [1.807, 2.05) is 0 Å². The van der Waals surface area contributed by atoms with Gasteiger partial charge in [-0.1, -0.05) is 59.2 Å². The summed E-state index contributed by atoms with van der Waals surface area (Å²) >= 11 is 5.92. The average Bonchev–Trinajstić information content (AvgIpc) is 2.76. The second-order valence-corrected chi connectivity index (χ2v) is 7.61. The number of halogens is 7. The van der Waals surface area contributed by atoms with Crippen LogP contribution in [0.15, 0.2) is 78.0 Å². The lowest BCUT2D eigenvalue weighted by Gasteiger charge is -2.15. The Bertz CT molecular complexity index is 1290. The normalized spacial score (nSPS) is 11.9. The number of nitrogens with one attached hydrogen (secondary N) is 1. The summed E-state index contributed by atoms with van der Waals surface area (Å²) in [5.74, 6) is 0. The molecular weight excluding hydrogens is 522 g/mol. The van der Waals surface area contributed by atoms with Gasteiger partial charge in [0.25, 0.3) is 0 Å². The van der Waals surface area contributed by atoms with Crippen molar-refractivity contribution in [2.75, 3.05) is 0 Å². The molecule has 35 heavy (non-hydrogen) atoms. The Balaban J connectivity index is 0.00000100. The average molecular weight is 537 g/mol. The van der Waals surface area contributed by atoms with Gasteiger partial charge in [0.2, 0.25) is 0 Å². The molecular formula is C22H15ClF6N2O3S. The van der Waals surface area contributed by atoms with E-state index in [1.165, 1.54) is 24.3 Å². The van der Waals surface area contributed by atoms with Gasteiger partial charge in [-0.2, -0.15) is 39.5 Å². The van der Waals surface area contributed by atoms with Gasteiger partial charge >= 0.3 is 22.9 Å². The molecule has 0 aliphatic carbocycles. The molecule has 0 heterocycles. The van der Waals surface area contributed by atoms with Crippen LogP contribution in [0.5, 0.6) is 0 Å². The number of nitrogens with zero attached hydrogens (tertiary/aromatic N) is 1. The highest BCUT2D eigenvalue weighted by atomic mass is 35.5. The Labute approximate surface area is 202 Å². The Hall–Kier alpha value is -3.38. The van der Waals surface area contributed by atoms with E-state index in [2.05, 4.69) is 5.16 Å². The molecule has 0 atom stereocenters. The smallest absolute Gasteiger partial charge is 0.390 e. The molecule has 186 valence electrons. The van der Waals surface area contributed by atoms with Crippen molar-refractivity contribution in [1.29, 1.82) is 4.78 Å². The largest absolute Gasteiger partial charge is 0.417 e. The lowest BCUT2D eigenvalue weighted by molar-refractivity contribution is -0.138. The van der Waals surface area contributed by atoms with Crippen LogP contribution in [0.2, 0.25) is 5.02 Å². The molecule has 3 rings (SSSR count). The minimum atomic E-state index is -4.68. The fraction of sp³-hybridized carbons (Fsp3) is 0.136. The number of hydrogen-bond donors (Lipinski definition) is 1. The molecule has 0 aromatic heterocycles. The van der Waals surface area contributed by atoms with Crippen molar-refractivity contribution in [3.8, 4) is 0 Å². The van der Waals surface area contributed by atoms with E-state index in [4.69, 9.17) is 29.6 Å². The summed E-state index contributed by atoms with van der Waals surface area (Å²) in [6.45, 7) is -0.373. The van der Waals surface area contributed by atoms with Crippen LogP contribution in [0, 0.1) is 4.78 Å². The summed E-state index contributed by atoms with van der Waals surface area (Å²) in [7, 11) is -2.61. The van der Waals surface area contributed by atoms with Crippen molar-refractivity contribution < 1.29 is 39.6 Å². The summed E-state index contributed by atoms with van der Waals surface area (Å²) in [6, 6.07) is 15.4. The van der Waals surface area contributed by atoms with Crippen LogP contribution in [0.25, 0.3) is 0 Å². The first-order valence-electron chi connectivity index (χ1n) is 9.38. The van der Waals surface area contributed by atoms with E-state index in [0.717, 1.165) is 30.3 Å². The number of benzene rings is 3. The molecule has 5 nitrogen and oxygen atoms in total. The third kappa shape index (κ3) is 8.72. The van der Waals surface area contributed by atoms with Gasteiger partial charge in [-0.15, -0.1) is 0 Å². The second-order valence-electron chi connectivity index (χ2n) is 6.70. The van der Waals surface area contributed by atoms with Crippen molar-refractivity contribution >= 4 is 27.8 Å². The Kier molecular flexibility index (Phi) is 9.43. The number of alkyl halides is 6. The van der Waals surface area contributed by atoms with E-state index < -0.39 is 34.0 Å². The summed E-state index contributed by atoms with van der Waals surface area (Å²) in [5, 5.41) is 3.90. The van der Waals surface area contributed by atoms with Gasteiger partial charge in [0.1, 0.15) is 12.3 Å². The summed E-state index contributed by atoms with van der Waals surface area (Å²) in [4.78, 5) is 5.18. The molecule has 3 aromatic carbocycles. The molecule has 0 spiro atoms. The zero-order valence-corrected chi connectivity index (χ0v) is 18.9. The van der Waals surface area contributed by atoms with Gasteiger partial charge < -0.3 is 4.84 Å². The molecule has 0 bridgehead atoms. The lowest BCUT2D eigenvalue weighted by atomic mass is 9.97. The second kappa shape index (κ2) is 11.8. The lowest BCUT2D eigenvalue weighted by Crippen LogP contribution is -2.15. The Morgan fingerprint density at radius 1 is 0.886 bits per heavy atom. The van der Waals surface area contributed by atoms with Crippen molar-refractivity contribution in [2.45, 2.75) is 19.0 Å². The zero-order valence-electron chi connectivity index (χ0n) is 17.4. The maximum Gasteiger partial charge on any atom is 0.417 e. The van der Waals surface area contributed by atoms with E-state index in [1.54, 1.807) is 18.2 Å². The predicted molar refractivity (Wildman–Crippen MR) is 116 cm³/mol. The third-order valence-corrected chi connectivity index (χ3v) is 4.47. The maximum absolute atomic E-state index is 13.6. The van der Waals surface area contributed by atoms with E-state index >= 15 is 0 Å². The van der Waals surface area contributed by atoms with Crippen LogP contribution < -0.4 is 0 Å². The summed E-state index contributed by atoms with van der Waals surface area (Å²) < 4.78 is 102. The molecule has 3 aromatic rings. The SMILES string of the molecule is FC(F)(F)c1cccc(CO/N=C(\c2ccccc2)c2cc(Cl)ccc2C(F)(F)F)c1.N=S(=O)=O. The summed E-state index contributed by atoms with van der Waals surface area (Å²) in [5.41, 5.74) is -1.82. The molecule has 0 saturated heterocycles. The Morgan fingerprint density at radius 3 is 2.09 bits per heavy atom. The van der Waals surface area contributed by atoms with Crippen LogP contribution in [0.4, 0.5) is 26.3 Å². The maximum atomic E-state index is 13.6. The van der Waals surface area contributed by atoms with Gasteiger partial charge in [-0.3, -0.25) is 0 Å². The fourth-order valence-corrected chi connectivity index (χ4v) is 2.99. The van der Waals surface area contributed by atoms with Crippen LogP contribution in [-0.4, -0.2) is 14.1 Å². The topological polar surface area (TPSA) is 79.6 Å². The highest BCUT2D eigenvalue weighted by Crippen LogP contribution is 2.35. The quantitative estimate of drug-likeness (QED) is 0.217. The monoisotopic (exact) mass is 536 g/mol. The fourth-order valence-electron chi connectivity index (χ4n) is 2.82. The van der Waals surface area contributed by atoms with E-state index in [9.17, 15) is 26.3 Å². The first-order chi connectivity index (χ1) is 16.3. The van der Waals surface area contributed by atoms with Gasteiger partial charge in [0, 0.05) is 16.1 Å². The van der Waals surface area contributed by atoms with Crippen molar-refractivity contribution in [2.24, 2.45) is 5.16 Å². The molecule has 0 unspecified atom stereocenters. The highest BCUT2D eigenvalue weighted by Gasteiger charge is 2.35. The van der Waals surface area contributed by atoms with Crippen LogP contribution >= 0.6 is 11.6 Å². The minimum absolute atomic E-state index is 0.0597. The summed E-state index contributed by atoms with van der Waals surface area (Å²) in [6.07, 6.45) is -9.21.